The molecule has 0 radical (unpaired) electrons. The van der Waals surface area contributed by atoms with Gasteiger partial charge in [-0.2, -0.15) is 0 Å². The smallest absolute Gasteiger partial charge is 0.298 e. The van der Waals surface area contributed by atoms with Crippen LogP contribution in [-0.4, -0.2) is 24.9 Å². The molecule has 0 aromatic rings. The van der Waals surface area contributed by atoms with Crippen molar-refractivity contribution in [2.45, 2.75) is 26.4 Å². The summed E-state index contributed by atoms with van der Waals surface area (Å²) in [4.78, 5) is 10.4. The predicted molar refractivity (Wildman–Crippen MR) is 32.1 cm³/mol. The number of carbonyl (C=O) groups is 1. The molecular formula is C6H10F2O2. The Morgan fingerprint density at radius 2 is 2.10 bits per heavy atom. The van der Waals surface area contributed by atoms with E-state index in [4.69, 9.17) is 0 Å². The average Bonchev–Trinajstić information content (AvgIpc) is 1.87. The molecule has 0 aliphatic carbocycles. The number of hydrogen-bond donors (Lipinski definition) is 0. The van der Waals surface area contributed by atoms with Gasteiger partial charge in [-0.15, -0.1) is 0 Å². The van der Waals surface area contributed by atoms with Gasteiger partial charge in [0, 0.05) is 6.61 Å². The first-order valence-corrected chi connectivity index (χ1v) is 3.03. The van der Waals surface area contributed by atoms with Gasteiger partial charge in [0.05, 0.1) is 0 Å². The molecule has 0 amide bonds. The highest BCUT2D eigenvalue weighted by atomic mass is 19.3. The number of rotatable bonds is 4. The Labute approximate surface area is 58.2 Å². The summed E-state index contributed by atoms with van der Waals surface area (Å²) >= 11 is 0. The number of ketones is 1. The summed E-state index contributed by atoms with van der Waals surface area (Å²) in [6.45, 7) is 3.24. The lowest BCUT2D eigenvalue weighted by molar-refractivity contribution is -0.140. The highest BCUT2D eigenvalue weighted by Gasteiger charge is 2.22. The molecule has 4 heteroatoms. The standard InChI is InChI=1S/C6H10F2O2/c1-3-10-4(2)5(9)6(7)8/h4,6H,3H2,1-2H3. The normalized spacial score (nSPS) is 13.7. The molecule has 1 atom stereocenters. The Kier molecular flexibility index (Phi) is 4.11. The molecule has 0 heterocycles. The van der Waals surface area contributed by atoms with E-state index in [-0.39, 0.29) is 6.61 Å². The van der Waals surface area contributed by atoms with Crippen molar-refractivity contribution in [1.82, 2.24) is 0 Å². The van der Waals surface area contributed by atoms with Crippen LogP contribution in [0.4, 0.5) is 8.78 Å². The summed E-state index contributed by atoms with van der Waals surface area (Å²) in [6, 6.07) is 0. The molecule has 0 N–H and O–H groups in total. The third kappa shape index (κ3) is 2.87. The lowest BCUT2D eigenvalue weighted by atomic mass is 10.3. The largest absolute Gasteiger partial charge is 0.371 e. The highest BCUT2D eigenvalue weighted by Crippen LogP contribution is 2.01. The average molecular weight is 152 g/mol. The molecule has 10 heavy (non-hydrogen) atoms. The zero-order chi connectivity index (χ0) is 8.15. The number of hydrogen-bond acceptors (Lipinski definition) is 2. The van der Waals surface area contributed by atoms with Crippen LogP contribution in [0.15, 0.2) is 0 Å². The fourth-order valence-corrected chi connectivity index (χ4v) is 0.510. The number of halogens is 2. The molecule has 60 valence electrons. The van der Waals surface area contributed by atoms with Crippen LogP contribution in [0.3, 0.4) is 0 Å². The van der Waals surface area contributed by atoms with Crippen molar-refractivity contribution in [2.24, 2.45) is 0 Å². The number of carbonyl (C=O) groups excluding carboxylic acids is 1. The minimum atomic E-state index is -2.92. The summed E-state index contributed by atoms with van der Waals surface area (Å²) in [5, 5.41) is 0. The molecule has 0 saturated carbocycles. The Bertz CT molecular complexity index is 114. The van der Waals surface area contributed by atoms with E-state index in [2.05, 4.69) is 4.74 Å². The van der Waals surface area contributed by atoms with Gasteiger partial charge in [-0.1, -0.05) is 0 Å². The zero-order valence-electron chi connectivity index (χ0n) is 5.93. The van der Waals surface area contributed by atoms with Crippen LogP contribution in [0.25, 0.3) is 0 Å². The van der Waals surface area contributed by atoms with Gasteiger partial charge in [0.2, 0.25) is 5.78 Å². The first kappa shape index (κ1) is 9.49. The highest BCUT2D eigenvalue weighted by molar-refractivity contribution is 5.85. The van der Waals surface area contributed by atoms with Gasteiger partial charge in [-0.25, -0.2) is 8.78 Å². The van der Waals surface area contributed by atoms with E-state index in [0.717, 1.165) is 0 Å². The Hall–Kier alpha value is -0.510. The first-order chi connectivity index (χ1) is 4.59. The molecular weight excluding hydrogens is 142 g/mol. The summed E-state index contributed by atoms with van der Waals surface area (Å²) < 4.78 is 27.8. The molecule has 0 aliphatic heterocycles. The van der Waals surface area contributed by atoms with Crippen LogP contribution in [0.2, 0.25) is 0 Å². The van der Waals surface area contributed by atoms with Gasteiger partial charge in [0.1, 0.15) is 6.10 Å². The van der Waals surface area contributed by atoms with Gasteiger partial charge >= 0.3 is 0 Å². The maximum absolute atomic E-state index is 11.6. The topological polar surface area (TPSA) is 26.3 Å². The molecule has 0 fully saturated rings. The number of alkyl halides is 2. The molecule has 1 unspecified atom stereocenters. The third-order valence-corrected chi connectivity index (χ3v) is 1.03. The molecule has 0 spiro atoms. The summed E-state index contributed by atoms with van der Waals surface area (Å²) in [5.41, 5.74) is 0. The molecule has 0 rings (SSSR count). The molecule has 0 bridgehead atoms. The summed E-state index contributed by atoms with van der Waals surface area (Å²) in [7, 11) is 0. The second kappa shape index (κ2) is 4.33. The van der Waals surface area contributed by atoms with Crippen LogP contribution < -0.4 is 0 Å². The third-order valence-electron chi connectivity index (χ3n) is 1.03. The second-order valence-corrected chi connectivity index (χ2v) is 1.80. The Morgan fingerprint density at radius 1 is 1.60 bits per heavy atom. The predicted octanol–water partition coefficient (Wildman–Crippen LogP) is 1.25. The van der Waals surface area contributed by atoms with E-state index in [9.17, 15) is 13.6 Å². The van der Waals surface area contributed by atoms with Crippen LogP contribution in [0.5, 0.6) is 0 Å². The SMILES string of the molecule is CCOC(C)C(=O)C(F)F. The van der Waals surface area contributed by atoms with Crippen molar-refractivity contribution < 1.29 is 18.3 Å². The van der Waals surface area contributed by atoms with E-state index >= 15 is 0 Å². The fourth-order valence-electron chi connectivity index (χ4n) is 0.510. The maximum atomic E-state index is 11.6. The van der Waals surface area contributed by atoms with Crippen molar-refractivity contribution in [3.63, 3.8) is 0 Å². The number of ether oxygens (including phenoxy) is 1. The van der Waals surface area contributed by atoms with E-state index in [1.165, 1.54) is 6.92 Å². The van der Waals surface area contributed by atoms with Crippen molar-refractivity contribution in [3.05, 3.63) is 0 Å². The minimum absolute atomic E-state index is 0.277. The van der Waals surface area contributed by atoms with Gasteiger partial charge < -0.3 is 4.74 Å². The van der Waals surface area contributed by atoms with E-state index < -0.39 is 18.3 Å². The van der Waals surface area contributed by atoms with Crippen LogP contribution >= 0.6 is 0 Å². The van der Waals surface area contributed by atoms with Crippen molar-refractivity contribution in [1.29, 1.82) is 0 Å². The fraction of sp³-hybridized carbons (Fsp3) is 0.833. The molecule has 0 aromatic heterocycles. The Balaban J connectivity index is 3.71. The first-order valence-electron chi connectivity index (χ1n) is 3.03. The molecule has 0 saturated heterocycles. The van der Waals surface area contributed by atoms with E-state index in [1.54, 1.807) is 6.92 Å². The quantitative estimate of drug-likeness (QED) is 0.605. The van der Waals surface area contributed by atoms with Gasteiger partial charge in [0.15, 0.2) is 0 Å². The van der Waals surface area contributed by atoms with Gasteiger partial charge in [-0.05, 0) is 13.8 Å². The van der Waals surface area contributed by atoms with Crippen LogP contribution in [0, 0.1) is 0 Å². The minimum Gasteiger partial charge on any atom is -0.371 e. The van der Waals surface area contributed by atoms with Crippen LogP contribution in [0.1, 0.15) is 13.8 Å². The van der Waals surface area contributed by atoms with Gasteiger partial charge in [-0.3, -0.25) is 4.79 Å². The lowest BCUT2D eigenvalue weighted by Crippen LogP contribution is -2.26. The molecule has 2 nitrogen and oxygen atoms in total. The van der Waals surface area contributed by atoms with Crippen LogP contribution in [-0.2, 0) is 9.53 Å². The second-order valence-electron chi connectivity index (χ2n) is 1.80. The molecule has 0 aromatic carbocycles. The maximum Gasteiger partial charge on any atom is 0.298 e. The van der Waals surface area contributed by atoms with Crippen molar-refractivity contribution in [3.8, 4) is 0 Å². The Morgan fingerprint density at radius 3 is 2.40 bits per heavy atom. The molecule has 0 aliphatic rings. The summed E-state index contributed by atoms with van der Waals surface area (Å²) in [5.74, 6) is -1.15. The van der Waals surface area contributed by atoms with Crippen molar-refractivity contribution >= 4 is 5.78 Å². The lowest BCUT2D eigenvalue weighted by Gasteiger charge is -2.08. The zero-order valence-corrected chi connectivity index (χ0v) is 5.93. The van der Waals surface area contributed by atoms with Crippen molar-refractivity contribution in [2.75, 3.05) is 6.61 Å². The van der Waals surface area contributed by atoms with Gasteiger partial charge in [0.25, 0.3) is 6.43 Å². The summed E-state index contributed by atoms with van der Waals surface area (Å²) in [6.07, 6.45) is -3.90. The number of Topliss-reactive ketones (excluding diaryl/α,β-unsaturated/α-hetero) is 1. The van der Waals surface area contributed by atoms with E-state index in [0.29, 0.717) is 0 Å². The monoisotopic (exact) mass is 152 g/mol. The van der Waals surface area contributed by atoms with E-state index in [1.807, 2.05) is 0 Å².